The van der Waals surface area contributed by atoms with Crippen LogP contribution in [-0.2, 0) is 28.5 Å². The third kappa shape index (κ3) is 5.10. The molecule has 2 aliphatic rings. The largest absolute Gasteiger partial charge is 0.380 e. The summed E-state index contributed by atoms with van der Waals surface area (Å²) in [6.07, 6.45) is 0.171. The van der Waals surface area contributed by atoms with Gasteiger partial charge in [-0.25, -0.2) is 4.90 Å². The number of carbonyl (C=O) groups excluding carboxylic acids is 2. The van der Waals surface area contributed by atoms with Crippen molar-refractivity contribution in [3.05, 3.63) is 77.4 Å². The maximum atomic E-state index is 13.4. The maximum absolute atomic E-state index is 13.4. The SMILES string of the molecule is C=CC(O)(O)C(O)(O)C(O)(C(=O)NC)N1C(=O)c2cccc(NCc3ccc(CN4CCOCC4)cc3)c2C1(O)O. The molecule has 41 heavy (non-hydrogen) atoms. The molecule has 2 heterocycles. The van der Waals surface area contributed by atoms with E-state index in [1.165, 1.54) is 12.1 Å². The minimum absolute atomic E-state index is 0.00413. The molecule has 0 aliphatic carbocycles. The second kappa shape index (κ2) is 11.1. The third-order valence-electron chi connectivity index (χ3n) is 7.31. The van der Waals surface area contributed by atoms with Crippen molar-refractivity contribution in [2.75, 3.05) is 38.7 Å². The van der Waals surface area contributed by atoms with E-state index in [0.717, 1.165) is 43.9 Å². The van der Waals surface area contributed by atoms with Crippen LogP contribution < -0.4 is 10.6 Å². The predicted octanol–water partition coefficient (Wildman–Crippen LogP) is -2.34. The highest BCUT2D eigenvalue weighted by Gasteiger charge is 2.74. The minimum Gasteiger partial charge on any atom is -0.380 e. The molecule has 1 atom stereocenters. The van der Waals surface area contributed by atoms with Gasteiger partial charge in [0, 0.05) is 38.9 Å². The zero-order chi connectivity index (χ0) is 30.2. The fraction of sp³-hybridized carbons (Fsp3) is 0.407. The van der Waals surface area contributed by atoms with Gasteiger partial charge in [0.1, 0.15) is 0 Å². The quantitative estimate of drug-likeness (QED) is 0.108. The first-order valence-corrected chi connectivity index (χ1v) is 12.7. The molecule has 1 fully saturated rings. The third-order valence-corrected chi connectivity index (χ3v) is 7.31. The van der Waals surface area contributed by atoms with Gasteiger partial charge in [-0.1, -0.05) is 36.9 Å². The Morgan fingerprint density at radius 3 is 2.24 bits per heavy atom. The maximum Gasteiger partial charge on any atom is 0.287 e. The highest BCUT2D eigenvalue weighted by molar-refractivity contribution is 6.04. The van der Waals surface area contributed by atoms with Crippen molar-refractivity contribution in [2.24, 2.45) is 0 Å². The van der Waals surface area contributed by atoms with Gasteiger partial charge >= 0.3 is 0 Å². The van der Waals surface area contributed by atoms with Gasteiger partial charge in [0.05, 0.1) is 24.3 Å². The fourth-order valence-corrected chi connectivity index (χ4v) is 4.95. The molecule has 4 rings (SSSR count). The number of nitrogens with one attached hydrogen (secondary N) is 2. The van der Waals surface area contributed by atoms with Gasteiger partial charge in [-0.2, -0.15) is 0 Å². The van der Waals surface area contributed by atoms with Crippen molar-refractivity contribution < 1.29 is 50.1 Å². The van der Waals surface area contributed by atoms with Gasteiger partial charge in [0.25, 0.3) is 29.2 Å². The van der Waals surface area contributed by atoms with Gasteiger partial charge in [-0.05, 0) is 29.3 Å². The number of hydrogen-bond donors (Lipinski definition) is 9. The second-order valence-corrected chi connectivity index (χ2v) is 9.92. The lowest BCUT2D eigenvalue weighted by Crippen LogP contribution is -2.80. The van der Waals surface area contributed by atoms with Gasteiger partial charge in [-0.3, -0.25) is 14.5 Å². The number of morpholine rings is 1. The molecule has 2 aromatic rings. The van der Waals surface area contributed by atoms with Crippen molar-refractivity contribution in [3.63, 3.8) is 0 Å². The van der Waals surface area contributed by atoms with E-state index in [9.17, 15) is 45.3 Å². The molecular formula is C27H34N4O10. The van der Waals surface area contributed by atoms with Crippen LogP contribution in [0.15, 0.2) is 55.1 Å². The molecule has 0 bridgehead atoms. The summed E-state index contributed by atoms with van der Waals surface area (Å²) in [7, 11) is 0.928. The Labute approximate surface area is 235 Å². The first kappa shape index (κ1) is 30.5. The molecule has 2 amide bonds. The summed E-state index contributed by atoms with van der Waals surface area (Å²) in [5, 5.41) is 80.0. The molecule has 2 aliphatic heterocycles. The van der Waals surface area contributed by atoms with E-state index in [4.69, 9.17) is 4.74 Å². The molecule has 1 saturated heterocycles. The van der Waals surface area contributed by atoms with Crippen molar-refractivity contribution in [1.82, 2.24) is 15.1 Å². The minimum atomic E-state index is -4.31. The number of likely N-dealkylation sites (N-methyl/N-ethyl adjacent to an activating group) is 1. The summed E-state index contributed by atoms with van der Waals surface area (Å²) in [6, 6.07) is 11.6. The first-order valence-electron chi connectivity index (χ1n) is 12.7. The van der Waals surface area contributed by atoms with Gasteiger partial charge in [-0.15, -0.1) is 0 Å². The Morgan fingerprint density at radius 2 is 1.66 bits per heavy atom. The number of aliphatic hydroxyl groups is 7. The Hall–Kier alpha value is -3.44. The Morgan fingerprint density at radius 1 is 1.05 bits per heavy atom. The predicted molar refractivity (Wildman–Crippen MR) is 142 cm³/mol. The average Bonchev–Trinajstić information content (AvgIpc) is 3.17. The number of hydrogen-bond acceptors (Lipinski definition) is 12. The average molecular weight is 575 g/mol. The van der Waals surface area contributed by atoms with Gasteiger partial charge in [0.2, 0.25) is 5.79 Å². The van der Waals surface area contributed by atoms with Crippen molar-refractivity contribution in [3.8, 4) is 0 Å². The molecule has 0 spiro atoms. The number of ether oxygens (including phenoxy) is 1. The van der Waals surface area contributed by atoms with Gasteiger partial charge in [0.15, 0.2) is 0 Å². The molecule has 0 aromatic heterocycles. The Balaban J connectivity index is 1.63. The van der Waals surface area contributed by atoms with E-state index >= 15 is 0 Å². The molecule has 0 radical (unpaired) electrons. The summed E-state index contributed by atoms with van der Waals surface area (Å²) in [6.45, 7) is 7.00. The van der Waals surface area contributed by atoms with Crippen LogP contribution in [0.5, 0.6) is 0 Å². The standard InChI is InChI=1S/C27H34N4O10/c1-3-24(34,35)27(39,40)25(36,23(33)28-2)31-22(32)19-5-4-6-20(21(19)26(31,37)38)29-15-17-7-9-18(10-8-17)16-30-11-13-41-14-12-30/h3-10,29,34-40H,1,11-16H2,2H3,(H,28,33). The fourth-order valence-electron chi connectivity index (χ4n) is 4.95. The number of anilines is 1. The van der Waals surface area contributed by atoms with E-state index in [2.05, 4.69) is 16.8 Å². The summed E-state index contributed by atoms with van der Waals surface area (Å²) in [5.74, 6) is -14.9. The second-order valence-electron chi connectivity index (χ2n) is 9.92. The summed E-state index contributed by atoms with van der Waals surface area (Å²) in [4.78, 5) is 28.1. The Kier molecular flexibility index (Phi) is 8.26. The number of nitrogens with zero attached hydrogens (tertiary/aromatic N) is 2. The Bertz CT molecular complexity index is 1310. The van der Waals surface area contributed by atoms with Crippen LogP contribution in [0, 0.1) is 0 Å². The van der Waals surface area contributed by atoms with Crippen LogP contribution in [-0.4, -0.2) is 108 Å². The van der Waals surface area contributed by atoms with E-state index in [0.29, 0.717) is 13.2 Å². The van der Waals surface area contributed by atoms with Crippen LogP contribution in [0.2, 0.25) is 0 Å². The van der Waals surface area contributed by atoms with Crippen LogP contribution in [0.4, 0.5) is 5.69 Å². The molecular weight excluding hydrogens is 540 g/mol. The lowest BCUT2D eigenvalue weighted by molar-refractivity contribution is -0.428. The van der Waals surface area contributed by atoms with Crippen LogP contribution in [0.25, 0.3) is 0 Å². The topological polar surface area (TPSA) is 216 Å². The molecule has 9 N–H and O–H groups in total. The van der Waals surface area contributed by atoms with Crippen molar-refractivity contribution in [1.29, 1.82) is 0 Å². The highest BCUT2D eigenvalue weighted by atomic mass is 16.6. The molecule has 222 valence electrons. The number of carbonyl (C=O) groups is 2. The molecule has 2 aromatic carbocycles. The lowest BCUT2D eigenvalue weighted by Gasteiger charge is -2.49. The van der Waals surface area contributed by atoms with Crippen LogP contribution in [0.1, 0.15) is 27.0 Å². The van der Waals surface area contributed by atoms with E-state index in [1.807, 2.05) is 29.6 Å². The van der Waals surface area contributed by atoms with Crippen molar-refractivity contribution in [2.45, 2.75) is 36.3 Å². The summed E-state index contributed by atoms with van der Waals surface area (Å²) in [5.41, 5.74) is -3.10. The van der Waals surface area contributed by atoms with Crippen LogP contribution >= 0.6 is 0 Å². The summed E-state index contributed by atoms with van der Waals surface area (Å²) >= 11 is 0. The molecule has 1 unspecified atom stereocenters. The summed E-state index contributed by atoms with van der Waals surface area (Å²) < 4.78 is 5.37. The number of amides is 2. The van der Waals surface area contributed by atoms with E-state index < -0.39 is 46.2 Å². The van der Waals surface area contributed by atoms with E-state index in [1.54, 1.807) is 0 Å². The first-order chi connectivity index (χ1) is 19.2. The lowest BCUT2D eigenvalue weighted by atomic mass is 9.90. The van der Waals surface area contributed by atoms with E-state index in [-0.39, 0.29) is 23.2 Å². The normalized spacial score (nSPS) is 18.9. The molecule has 14 nitrogen and oxygen atoms in total. The number of rotatable bonds is 10. The number of fused-ring (bicyclic) bond motifs is 1. The van der Waals surface area contributed by atoms with Gasteiger partial charge < -0.3 is 51.1 Å². The van der Waals surface area contributed by atoms with Crippen molar-refractivity contribution >= 4 is 17.5 Å². The zero-order valence-electron chi connectivity index (χ0n) is 22.3. The smallest absolute Gasteiger partial charge is 0.287 e. The monoisotopic (exact) mass is 574 g/mol. The molecule has 0 saturated carbocycles. The highest BCUT2D eigenvalue weighted by Crippen LogP contribution is 2.47. The van der Waals surface area contributed by atoms with Crippen LogP contribution in [0.3, 0.4) is 0 Å². The number of benzene rings is 2. The zero-order valence-corrected chi connectivity index (χ0v) is 22.3. The molecule has 14 heteroatoms.